The van der Waals surface area contributed by atoms with E-state index in [1.165, 1.54) is 11.5 Å². The summed E-state index contributed by atoms with van der Waals surface area (Å²) in [6.45, 7) is 4.79. The van der Waals surface area contributed by atoms with E-state index in [0.29, 0.717) is 0 Å². The molecule has 2 N–H and O–H groups in total. The maximum absolute atomic E-state index is 9.94. The second-order valence-electron chi connectivity index (χ2n) is 4.53. The quantitative estimate of drug-likeness (QED) is 0.769. The van der Waals surface area contributed by atoms with Gasteiger partial charge in [-0.2, -0.15) is 4.37 Å². The Kier molecular flexibility index (Phi) is 5.54. The van der Waals surface area contributed by atoms with Crippen molar-refractivity contribution in [3.63, 3.8) is 0 Å². The van der Waals surface area contributed by atoms with E-state index in [9.17, 15) is 5.11 Å². The molecule has 1 unspecified atom stereocenters. The summed E-state index contributed by atoms with van der Waals surface area (Å²) in [5, 5.41) is 13.4. The lowest BCUT2D eigenvalue weighted by Gasteiger charge is -2.32. The Morgan fingerprint density at radius 1 is 1.35 bits per heavy atom. The smallest absolute Gasteiger partial charge is 0.170 e. The zero-order chi connectivity index (χ0) is 14.4. The van der Waals surface area contributed by atoms with Crippen LogP contribution in [0.3, 0.4) is 0 Å². The summed E-state index contributed by atoms with van der Waals surface area (Å²) in [4.78, 5) is 4.36. The van der Waals surface area contributed by atoms with Gasteiger partial charge in [0, 0.05) is 5.75 Å². The van der Waals surface area contributed by atoms with E-state index in [0.717, 1.165) is 28.0 Å². The maximum Gasteiger partial charge on any atom is 0.170 e. The third-order valence-corrected chi connectivity index (χ3v) is 5.22. The van der Waals surface area contributed by atoms with Gasteiger partial charge in [-0.3, -0.25) is 0 Å². The molecule has 0 saturated heterocycles. The molecule has 4 nitrogen and oxygen atoms in total. The first-order chi connectivity index (χ1) is 9.70. The summed E-state index contributed by atoms with van der Waals surface area (Å²) in [6, 6.07) is 10.1. The lowest BCUT2D eigenvalue weighted by atomic mass is 9.92. The Morgan fingerprint density at radius 2 is 2.10 bits per heavy atom. The minimum atomic E-state index is -0.444. The van der Waals surface area contributed by atoms with Crippen molar-refractivity contribution < 1.29 is 5.11 Å². The molecule has 1 aromatic heterocycles. The van der Waals surface area contributed by atoms with Crippen molar-refractivity contribution in [2.45, 2.75) is 23.7 Å². The summed E-state index contributed by atoms with van der Waals surface area (Å²) < 4.78 is 5.13. The number of aliphatic hydroxyl groups is 1. The van der Waals surface area contributed by atoms with Crippen molar-refractivity contribution in [2.75, 3.05) is 18.9 Å². The van der Waals surface area contributed by atoms with E-state index in [-0.39, 0.29) is 6.61 Å². The minimum absolute atomic E-state index is 0.0512. The van der Waals surface area contributed by atoms with E-state index in [2.05, 4.69) is 14.7 Å². The van der Waals surface area contributed by atoms with Crippen LogP contribution in [0.5, 0.6) is 0 Å². The van der Waals surface area contributed by atoms with Crippen molar-refractivity contribution >= 4 is 23.3 Å². The van der Waals surface area contributed by atoms with Crippen molar-refractivity contribution in [2.24, 2.45) is 0 Å². The van der Waals surface area contributed by atoms with Crippen LogP contribution in [0, 0.1) is 6.92 Å². The third-order valence-electron chi connectivity index (χ3n) is 3.06. The number of hydrogen-bond acceptors (Lipinski definition) is 6. The number of nitrogens with one attached hydrogen (secondary N) is 1. The van der Waals surface area contributed by atoms with Crippen LogP contribution in [-0.4, -0.2) is 33.4 Å². The standard InChI is InChI=1S/C14H19N3OS2/c1-3-15-14(9-18,12-7-5-4-6-8-12)10-19-13-16-11(2)17-20-13/h4-8,15,18H,3,9-10H2,1-2H3. The Hall–Kier alpha value is -0.950. The van der Waals surface area contributed by atoms with Crippen LogP contribution in [0.4, 0.5) is 0 Å². The predicted molar refractivity (Wildman–Crippen MR) is 84.3 cm³/mol. The van der Waals surface area contributed by atoms with Crippen molar-refractivity contribution in [3.8, 4) is 0 Å². The molecule has 108 valence electrons. The van der Waals surface area contributed by atoms with Crippen LogP contribution in [0.15, 0.2) is 34.7 Å². The Morgan fingerprint density at radius 3 is 2.65 bits per heavy atom. The summed E-state index contributed by atoms with van der Waals surface area (Å²) in [6.07, 6.45) is 0. The largest absolute Gasteiger partial charge is 0.394 e. The third kappa shape index (κ3) is 3.58. The number of thioether (sulfide) groups is 1. The lowest BCUT2D eigenvalue weighted by molar-refractivity contribution is 0.181. The molecule has 0 bridgehead atoms. The molecule has 2 aromatic rings. The number of hydrogen-bond donors (Lipinski definition) is 2. The molecular formula is C14H19N3OS2. The molecule has 0 saturated carbocycles. The van der Waals surface area contributed by atoms with Gasteiger partial charge in [-0.05, 0) is 30.6 Å². The van der Waals surface area contributed by atoms with Gasteiger partial charge >= 0.3 is 0 Å². The second-order valence-corrected chi connectivity index (χ2v) is 6.51. The number of aryl methyl sites for hydroxylation is 1. The molecule has 20 heavy (non-hydrogen) atoms. The van der Waals surface area contributed by atoms with Gasteiger partial charge in [0.05, 0.1) is 12.1 Å². The molecule has 6 heteroatoms. The summed E-state index contributed by atoms with van der Waals surface area (Å²) in [5.74, 6) is 1.52. The van der Waals surface area contributed by atoms with E-state index in [1.807, 2.05) is 44.2 Å². The lowest BCUT2D eigenvalue weighted by Crippen LogP contribution is -2.47. The van der Waals surface area contributed by atoms with Crippen molar-refractivity contribution in [1.82, 2.24) is 14.7 Å². The van der Waals surface area contributed by atoms with E-state index >= 15 is 0 Å². The van der Waals surface area contributed by atoms with E-state index in [4.69, 9.17) is 0 Å². The zero-order valence-corrected chi connectivity index (χ0v) is 13.3. The van der Waals surface area contributed by atoms with Crippen molar-refractivity contribution in [1.29, 1.82) is 0 Å². The van der Waals surface area contributed by atoms with Gasteiger partial charge in [-0.25, -0.2) is 4.98 Å². The zero-order valence-electron chi connectivity index (χ0n) is 11.7. The topological polar surface area (TPSA) is 58.0 Å². The SMILES string of the molecule is CCNC(CO)(CSc1nc(C)ns1)c1ccccc1. The fraction of sp³-hybridized carbons (Fsp3) is 0.429. The van der Waals surface area contributed by atoms with Crippen LogP contribution in [0.2, 0.25) is 0 Å². The van der Waals surface area contributed by atoms with Gasteiger partial charge in [0.25, 0.3) is 0 Å². The van der Waals surface area contributed by atoms with Gasteiger partial charge in [0.2, 0.25) is 0 Å². The number of nitrogens with zero attached hydrogens (tertiary/aromatic N) is 2. The normalized spacial score (nSPS) is 14.2. The van der Waals surface area contributed by atoms with Crippen LogP contribution >= 0.6 is 23.3 Å². The van der Waals surface area contributed by atoms with Gasteiger partial charge in [0.15, 0.2) is 4.34 Å². The molecular weight excluding hydrogens is 290 g/mol. The molecule has 0 aliphatic heterocycles. The molecule has 1 heterocycles. The second kappa shape index (κ2) is 7.17. The van der Waals surface area contributed by atoms with Crippen LogP contribution < -0.4 is 5.32 Å². The molecule has 0 radical (unpaired) electrons. The first-order valence-electron chi connectivity index (χ1n) is 6.54. The molecule has 0 spiro atoms. The molecule has 0 fully saturated rings. The number of likely N-dealkylation sites (N-methyl/N-ethyl adjacent to an activating group) is 1. The molecule has 0 aliphatic carbocycles. The highest BCUT2D eigenvalue weighted by Gasteiger charge is 2.31. The fourth-order valence-corrected chi connectivity index (χ4v) is 3.90. The fourth-order valence-electron chi connectivity index (χ4n) is 2.05. The Balaban J connectivity index is 2.18. The highest BCUT2D eigenvalue weighted by Crippen LogP contribution is 2.30. The van der Waals surface area contributed by atoms with Gasteiger partial charge < -0.3 is 10.4 Å². The van der Waals surface area contributed by atoms with Crippen molar-refractivity contribution in [3.05, 3.63) is 41.7 Å². The number of aliphatic hydroxyl groups excluding tert-OH is 1. The van der Waals surface area contributed by atoms with E-state index < -0.39 is 5.54 Å². The average Bonchev–Trinajstić information content (AvgIpc) is 2.90. The summed E-state index contributed by atoms with van der Waals surface area (Å²) >= 11 is 3.04. The first kappa shape index (κ1) is 15.4. The highest BCUT2D eigenvalue weighted by atomic mass is 32.2. The number of benzene rings is 1. The molecule has 1 atom stereocenters. The maximum atomic E-state index is 9.94. The predicted octanol–water partition coefficient (Wildman–Crippen LogP) is 2.44. The van der Waals surface area contributed by atoms with Gasteiger partial charge in [-0.1, -0.05) is 49.0 Å². The molecule has 2 rings (SSSR count). The Bertz CT molecular complexity index is 532. The van der Waals surface area contributed by atoms with E-state index in [1.54, 1.807) is 11.8 Å². The average molecular weight is 309 g/mol. The molecule has 0 amide bonds. The number of aromatic nitrogens is 2. The minimum Gasteiger partial charge on any atom is -0.394 e. The summed E-state index contributed by atoms with van der Waals surface area (Å²) in [5.41, 5.74) is 0.651. The monoisotopic (exact) mass is 309 g/mol. The molecule has 0 aliphatic rings. The summed E-state index contributed by atoms with van der Waals surface area (Å²) in [7, 11) is 0. The molecule has 1 aromatic carbocycles. The number of rotatable bonds is 7. The van der Waals surface area contributed by atoms with Gasteiger partial charge in [-0.15, -0.1) is 0 Å². The first-order valence-corrected chi connectivity index (χ1v) is 8.30. The van der Waals surface area contributed by atoms with Crippen LogP contribution in [0.1, 0.15) is 18.3 Å². The van der Waals surface area contributed by atoms with Crippen LogP contribution in [-0.2, 0) is 5.54 Å². The Labute approximate surface area is 127 Å². The highest BCUT2D eigenvalue weighted by molar-refractivity contribution is 8.01. The van der Waals surface area contributed by atoms with Gasteiger partial charge in [0.1, 0.15) is 5.82 Å². The van der Waals surface area contributed by atoms with Crippen LogP contribution in [0.25, 0.3) is 0 Å².